The largest absolute Gasteiger partial charge is 0.284 e. The van der Waals surface area contributed by atoms with Crippen molar-refractivity contribution >= 4 is 0 Å². The third-order valence-electron chi connectivity index (χ3n) is 2.83. The van der Waals surface area contributed by atoms with E-state index in [4.69, 9.17) is 5.26 Å². The maximum absolute atomic E-state index is 8.96. The van der Waals surface area contributed by atoms with Gasteiger partial charge < -0.3 is 0 Å². The highest BCUT2D eigenvalue weighted by molar-refractivity contribution is 5.17. The molecule has 1 aliphatic rings. The van der Waals surface area contributed by atoms with Crippen LogP contribution in [0.3, 0.4) is 0 Å². The van der Waals surface area contributed by atoms with Gasteiger partial charge in [0, 0.05) is 18.9 Å². The van der Waals surface area contributed by atoms with E-state index in [1.54, 1.807) is 0 Å². The number of nitriles is 1. The molecule has 78 valence electrons. The molecule has 1 saturated heterocycles. The van der Waals surface area contributed by atoms with Crippen molar-refractivity contribution < 1.29 is 0 Å². The molecule has 2 rings (SSSR count). The maximum atomic E-state index is 8.96. The normalized spacial score (nSPS) is 21.5. The van der Waals surface area contributed by atoms with Crippen molar-refractivity contribution in [3.8, 4) is 6.07 Å². The smallest absolute Gasteiger partial charge is 0.0981 e. The van der Waals surface area contributed by atoms with E-state index in [9.17, 15) is 0 Å². The first-order chi connectivity index (χ1) is 7.29. The van der Waals surface area contributed by atoms with Crippen LogP contribution in [0.25, 0.3) is 0 Å². The molecule has 15 heavy (non-hydrogen) atoms. The Labute approximate surface area is 90.4 Å². The fourth-order valence-corrected chi connectivity index (χ4v) is 2.10. The molecule has 1 unspecified atom stereocenters. The van der Waals surface area contributed by atoms with Gasteiger partial charge in [-0.15, -0.1) is 0 Å². The molecule has 0 amide bonds. The highest BCUT2D eigenvalue weighted by Crippen LogP contribution is 2.19. The average molecular weight is 201 g/mol. The van der Waals surface area contributed by atoms with Crippen LogP contribution in [0.2, 0.25) is 0 Å². The number of hydrogen-bond donors (Lipinski definition) is 0. The van der Waals surface area contributed by atoms with Gasteiger partial charge in [-0.1, -0.05) is 6.07 Å². The van der Waals surface area contributed by atoms with Crippen molar-refractivity contribution in [1.82, 2.24) is 9.88 Å². The monoisotopic (exact) mass is 201 g/mol. The Morgan fingerprint density at radius 2 is 2.47 bits per heavy atom. The Morgan fingerprint density at radius 1 is 1.60 bits per heavy atom. The summed E-state index contributed by atoms with van der Waals surface area (Å²) in [5.41, 5.74) is 2.39. The molecule has 1 fully saturated rings. The molecule has 0 radical (unpaired) electrons. The summed E-state index contributed by atoms with van der Waals surface area (Å²) in [4.78, 5) is 6.40. The first kappa shape index (κ1) is 10.1. The second-order valence-corrected chi connectivity index (χ2v) is 4.13. The molecular weight excluding hydrogens is 186 g/mol. The highest BCUT2D eigenvalue weighted by Gasteiger charge is 2.23. The minimum absolute atomic E-state index is 0.102. The lowest BCUT2D eigenvalue weighted by Crippen LogP contribution is -2.27. The Kier molecular flexibility index (Phi) is 2.98. The van der Waals surface area contributed by atoms with Crippen LogP contribution in [0.1, 0.15) is 24.0 Å². The molecule has 1 atom stereocenters. The van der Waals surface area contributed by atoms with Crippen LogP contribution in [-0.2, 0) is 6.54 Å². The first-order valence-corrected chi connectivity index (χ1v) is 5.34. The molecule has 0 aromatic carbocycles. The van der Waals surface area contributed by atoms with Crippen LogP contribution in [0.4, 0.5) is 0 Å². The van der Waals surface area contributed by atoms with Gasteiger partial charge in [0.05, 0.1) is 12.1 Å². The number of pyridine rings is 1. The van der Waals surface area contributed by atoms with Crippen LogP contribution in [-0.4, -0.2) is 22.5 Å². The molecule has 2 heterocycles. The van der Waals surface area contributed by atoms with Gasteiger partial charge in [0.15, 0.2) is 0 Å². The highest BCUT2D eigenvalue weighted by atomic mass is 15.2. The Hall–Kier alpha value is -1.40. The second kappa shape index (κ2) is 4.41. The molecule has 3 heteroatoms. The number of aromatic nitrogens is 1. The third-order valence-corrected chi connectivity index (χ3v) is 2.83. The van der Waals surface area contributed by atoms with Gasteiger partial charge in [0.25, 0.3) is 0 Å². The third kappa shape index (κ3) is 2.34. The lowest BCUT2D eigenvalue weighted by Gasteiger charge is -2.18. The van der Waals surface area contributed by atoms with Crippen molar-refractivity contribution in [2.75, 3.05) is 6.54 Å². The van der Waals surface area contributed by atoms with Crippen molar-refractivity contribution in [1.29, 1.82) is 5.26 Å². The molecule has 0 spiro atoms. The van der Waals surface area contributed by atoms with E-state index in [1.165, 1.54) is 11.1 Å². The molecule has 3 nitrogen and oxygen atoms in total. The standard InChI is InChI=1S/C12H15N3/c1-10-5-11(8-14-7-10)9-15-4-2-3-12(15)6-13/h5,7-8,12H,2-4,9H2,1H3. The number of aryl methyl sites for hydroxylation is 1. The lowest BCUT2D eigenvalue weighted by molar-refractivity contribution is 0.286. The van der Waals surface area contributed by atoms with Gasteiger partial charge >= 0.3 is 0 Å². The Bertz CT molecular complexity index is 381. The summed E-state index contributed by atoms with van der Waals surface area (Å²) in [5, 5.41) is 8.96. The zero-order valence-corrected chi connectivity index (χ0v) is 8.98. The van der Waals surface area contributed by atoms with Crippen LogP contribution in [0, 0.1) is 18.3 Å². The van der Waals surface area contributed by atoms with Crippen molar-refractivity contribution in [3.05, 3.63) is 29.6 Å². The van der Waals surface area contributed by atoms with Crippen molar-refractivity contribution in [2.24, 2.45) is 0 Å². The molecule has 1 aliphatic heterocycles. The molecule has 1 aromatic rings. The van der Waals surface area contributed by atoms with Crippen LogP contribution < -0.4 is 0 Å². The molecule has 0 bridgehead atoms. The predicted molar refractivity (Wildman–Crippen MR) is 58.0 cm³/mol. The van der Waals surface area contributed by atoms with Crippen LogP contribution in [0.15, 0.2) is 18.5 Å². The van der Waals surface area contributed by atoms with Gasteiger partial charge in [0.1, 0.15) is 0 Å². The van der Waals surface area contributed by atoms with Gasteiger partial charge in [-0.05, 0) is 37.4 Å². The van der Waals surface area contributed by atoms with E-state index in [2.05, 4.69) is 22.0 Å². The van der Waals surface area contributed by atoms with Gasteiger partial charge in [-0.3, -0.25) is 9.88 Å². The number of nitrogens with zero attached hydrogens (tertiary/aromatic N) is 3. The first-order valence-electron chi connectivity index (χ1n) is 5.34. The number of likely N-dealkylation sites (tertiary alicyclic amines) is 1. The summed E-state index contributed by atoms with van der Waals surface area (Å²) in [7, 11) is 0. The summed E-state index contributed by atoms with van der Waals surface area (Å²) in [6, 6.07) is 4.60. The summed E-state index contributed by atoms with van der Waals surface area (Å²) in [5.74, 6) is 0. The topological polar surface area (TPSA) is 39.9 Å². The van der Waals surface area contributed by atoms with E-state index in [0.29, 0.717) is 0 Å². The fourth-order valence-electron chi connectivity index (χ4n) is 2.10. The van der Waals surface area contributed by atoms with Crippen molar-refractivity contribution in [3.63, 3.8) is 0 Å². The Balaban J connectivity index is 2.06. The van der Waals surface area contributed by atoms with Gasteiger partial charge in [-0.25, -0.2) is 0 Å². The lowest BCUT2D eigenvalue weighted by atomic mass is 10.2. The van der Waals surface area contributed by atoms with E-state index < -0.39 is 0 Å². The summed E-state index contributed by atoms with van der Waals surface area (Å²) < 4.78 is 0. The number of rotatable bonds is 2. The average Bonchev–Trinajstić information content (AvgIpc) is 2.65. The molecule has 0 saturated carbocycles. The zero-order valence-electron chi connectivity index (χ0n) is 8.98. The van der Waals surface area contributed by atoms with Gasteiger partial charge in [0.2, 0.25) is 0 Å². The summed E-state index contributed by atoms with van der Waals surface area (Å²) >= 11 is 0. The number of hydrogen-bond acceptors (Lipinski definition) is 3. The fraction of sp³-hybridized carbons (Fsp3) is 0.500. The maximum Gasteiger partial charge on any atom is 0.0981 e. The second-order valence-electron chi connectivity index (χ2n) is 4.13. The van der Waals surface area contributed by atoms with Crippen LogP contribution in [0.5, 0.6) is 0 Å². The molecular formula is C12H15N3. The minimum atomic E-state index is 0.102. The summed E-state index contributed by atoms with van der Waals surface area (Å²) in [6.07, 6.45) is 5.89. The molecule has 0 N–H and O–H groups in total. The molecule has 0 aliphatic carbocycles. The van der Waals surface area contributed by atoms with Gasteiger partial charge in [-0.2, -0.15) is 5.26 Å². The molecule has 1 aromatic heterocycles. The Morgan fingerprint density at radius 3 is 3.20 bits per heavy atom. The SMILES string of the molecule is Cc1cncc(CN2CCCC2C#N)c1. The van der Waals surface area contributed by atoms with E-state index in [-0.39, 0.29) is 6.04 Å². The van der Waals surface area contributed by atoms with E-state index >= 15 is 0 Å². The quantitative estimate of drug-likeness (QED) is 0.733. The zero-order chi connectivity index (χ0) is 10.7. The minimum Gasteiger partial charge on any atom is -0.284 e. The van der Waals surface area contributed by atoms with Crippen LogP contribution >= 0.6 is 0 Å². The predicted octanol–water partition coefficient (Wildman–Crippen LogP) is 1.88. The van der Waals surface area contributed by atoms with Crippen molar-refractivity contribution in [2.45, 2.75) is 32.4 Å². The summed E-state index contributed by atoms with van der Waals surface area (Å²) in [6.45, 7) is 3.93. The van der Waals surface area contributed by atoms with E-state index in [0.717, 1.165) is 25.9 Å². The van der Waals surface area contributed by atoms with E-state index in [1.807, 2.05) is 19.3 Å².